The van der Waals surface area contributed by atoms with E-state index in [1.165, 1.54) is 58.2 Å². The highest BCUT2D eigenvalue weighted by Gasteiger charge is 2.50. The summed E-state index contributed by atoms with van der Waals surface area (Å²) in [5.74, 6) is -0.230. The molecule has 11 heteroatoms. The number of pyridine rings is 1. The number of alkyl halides is 3. The molecule has 3 fully saturated rings. The largest absolute Gasteiger partial charge is 0.389 e. The Kier molecular flexibility index (Phi) is 10.5. The molecule has 0 bridgehead atoms. The molecule has 43 heavy (non-hydrogen) atoms. The number of halogens is 4. The molecule has 1 spiro atoms. The molecular weight excluding hydrogens is 562 g/mol. The van der Waals surface area contributed by atoms with Gasteiger partial charge in [0.25, 0.3) is 5.56 Å². The maximum absolute atomic E-state index is 13.9. The van der Waals surface area contributed by atoms with Gasteiger partial charge in [0.05, 0.1) is 13.2 Å². The second kappa shape index (κ2) is 13.7. The average molecular weight is 610 g/mol. The molecule has 4 heterocycles. The van der Waals surface area contributed by atoms with E-state index in [0.717, 1.165) is 19.3 Å². The molecule has 7 nitrogen and oxygen atoms in total. The summed E-state index contributed by atoms with van der Waals surface area (Å²) >= 11 is 0. The first kappa shape index (κ1) is 32.9. The summed E-state index contributed by atoms with van der Waals surface area (Å²) < 4.78 is 53.9. The highest BCUT2D eigenvalue weighted by Crippen LogP contribution is 2.41. The van der Waals surface area contributed by atoms with Crippen LogP contribution in [-0.2, 0) is 4.74 Å². The number of rotatable bonds is 4. The van der Waals surface area contributed by atoms with Gasteiger partial charge in [-0.1, -0.05) is 38.3 Å². The Labute approximate surface area is 253 Å². The maximum atomic E-state index is 13.9. The van der Waals surface area contributed by atoms with Crippen molar-refractivity contribution in [3.05, 3.63) is 52.2 Å². The zero-order valence-electron chi connectivity index (χ0n) is 25.5. The van der Waals surface area contributed by atoms with Crippen molar-refractivity contribution in [3.63, 3.8) is 0 Å². The molecule has 0 amide bonds. The Bertz CT molecular complexity index is 1450. The summed E-state index contributed by atoms with van der Waals surface area (Å²) in [5.41, 5.74) is 8.00. The van der Waals surface area contributed by atoms with E-state index in [-0.39, 0.29) is 32.6 Å². The predicted molar refractivity (Wildman–Crippen MR) is 166 cm³/mol. The van der Waals surface area contributed by atoms with Crippen LogP contribution in [0.25, 0.3) is 22.2 Å². The van der Waals surface area contributed by atoms with Crippen molar-refractivity contribution in [2.75, 3.05) is 32.0 Å². The molecule has 3 aromatic rings. The van der Waals surface area contributed by atoms with Gasteiger partial charge in [0.2, 0.25) is 5.95 Å². The first-order valence-corrected chi connectivity index (χ1v) is 15.2. The molecule has 240 valence electrons. The van der Waals surface area contributed by atoms with E-state index in [0.29, 0.717) is 33.1 Å². The molecule has 1 saturated carbocycles. The summed E-state index contributed by atoms with van der Waals surface area (Å²) in [7, 11) is 0. The molecule has 6 rings (SSSR count). The number of anilines is 1. The number of hydrogen-bond acceptors (Lipinski definition) is 6. The Morgan fingerprint density at radius 1 is 1.14 bits per heavy atom. The van der Waals surface area contributed by atoms with Crippen molar-refractivity contribution < 1.29 is 25.2 Å². The predicted octanol–water partition coefficient (Wildman–Crippen LogP) is 7.56. The van der Waals surface area contributed by atoms with Crippen molar-refractivity contribution in [1.29, 1.82) is 0 Å². The molecule has 2 saturated heterocycles. The Balaban J connectivity index is 0.000000270. The SMILES string of the molecule is C1CCC(N2CC3(COC3)C2)CC1.CCCC(F)(F)F.Cc1ccc(-c2cc3cnc(N)nc3n(C(C)C)c2=O)cc1F.[HH].[HH]. The number of aromatic nitrogens is 3. The lowest BCUT2D eigenvalue weighted by Crippen LogP contribution is -2.68. The van der Waals surface area contributed by atoms with Crippen LogP contribution in [0.15, 0.2) is 35.3 Å². The maximum Gasteiger partial charge on any atom is 0.389 e. The van der Waals surface area contributed by atoms with Crippen LogP contribution in [0.1, 0.15) is 80.2 Å². The van der Waals surface area contributed by atoms with E-state index in [1.807, 2.05) is 13.8 Å². The standard InChI is InChI=1S/C17H17FN4O.C11H19NO.C4H7F3.2H2/c1-9(2)22-15-12(8-20-17(19)21-15)6-13(16(22)23)11-5-4-10(3)14(18)7-11;1-2-4-10(5-3-1)12-6-11(7-12)8-13-9-11;1-2-3-4(5,6)7;;/h4-9H,1-3H3,(H2,19,20,21);10H,1-9H2;2-3H2,1H3;2*1H. The van der Waals surface area contributed by atoms with Crippen molar-refractivity contribution >= 4 is 17.0 Å². The van der Waals surface area contributed by atoms with E-state index in [2.05, 4.69) is 14.9 Å². The number of fused-ring (bicyclic) bond motifs is 1. The molecule has 2 N–H and O–H groups in total. The first-order chi connectivity index (χ1) is 20.3. The normalized spacial score (nSPS) is 18.3. The molecule has 0 atom stereocenters. The Hall–Kier alpha value is -3.05. The number of likely N-dealkylation sites (tertiary alicyclic amines) is 1. The molecule has 3 aliphatic rings. The van der Waals surface area contributed by atoms with Crippen LogP contribution in [0, 0.1) is 18.2 Å². The van der Waals surface area contributed by atoms with Gasteiger partial charge in [-0.2, -0.15) is 18.2 Å². The number of nitrogen functional groups attached to an aromatic ring is 1. The van der Waals surface area contributed by atoms with Crippen LogP contribution >= 0.6 is 0 Å². The van der Waals surface area contributed by atoms with E-state index in [1.54, 1.807) is 35.9 Å². The van der Waals surface area contributed by atoms with Crippen LogP contribution in [0.2, 0.25) is 0 Å². The second-order valence-corrected chi connectivity index (χ2v) is 12.4. The van der Waals surface area contributed by atoms with Crippen molar-refractivity contribution in [2.45, 2.75) is 90.9 Å². The lowest BCUT2D eigenvalue weighted by molar-refractivity contribution is -0.200. The van der Waals surface area contributed by atoms with E-state index >= 15 is 0 Å². The minimum atomic E-state index is -3.95. The van der Waals surface area contributed by atoms with Crippen molar-refractivity contribution in [1.82, 2.24) is 19.4 Å². The van der Waals surface area contributed by atoms with E-state index in [9.17, 15) is 22.4 Å². The smallest absolute Gasteiger partial charge is 0.380 e. The fourth-order valence-corrected chi connectivity index (χ4v) is 5.96. The Morgan fingerprint density at radius 3 is 2.33 bits per heavy atom. The molecule has 0 radical (unpaired) electrons. The van der Waals surface area contributed by atoms with E-state index in [4.69, 9.17) is 10.5 Å². The summed E-state index contributed by atoms with van der Waals surface area (Å²) in [4.78, 5) is 23.7. The Morgan fingerprint density at radius 2 is 1.81 bits per heavy atom. The second-order valence-electron chi connectivity index (χ2n) is 12.4. The molecule has 0 unspecified atom stereocenters. The van der Waals surface area contributed by atoms with Gasteiger partial charge in [-0.3, -0.25) is 14.3 Å². The van der Waals surface area contributed by atoms with Gasteiger partial charge in [-0.25, -0.2) is 9.37 Å². The van der Waals surface area contributed by atoms with Crippen LogP contribution in [0.3, 0.4) is 0 Å². The van der Waals surface area contributed by atoms with Gasteiger partial charge in [0.15, 0.2) is 0 Å². The summed E-state index contributed by atoms with van der Waals surface area (Å²) in [6.07, 6.45) is 4.46. The fourth-order valence-electron chi connectivity index (χ4n) is 5.96. The number of nitrogens with zero attached hydrogens (tertiary/aromatic N) is 4. The number of hydrogen-bond donors (Lipinski definition) is 1. The number of ether oxygens (including phenoxy) is 1. The highest BCUT2D eigenvalue weighted by atomic mass is 19.4. The van der Waals surface area contributed by atoms with Crippen LogP contribution in [0.5, 0.6) is 0 Å². The van der Waals surface area contributed by atoms with Crippen molar-refractivity contribution in [3.8, 4) is 11.1 Å². The zero-order chi connectivity index (χ0) is 31.4. The third-order valence-electron chi connectivity index (χ3n) is 8.31. The van der Waals surface area contributed by atoms with Gasteiger partial charge < -0.3 is 10.5 Å². The van der Waals surface area contributed by atoms with E-state index < -0.39 is 12.6 Å². The average Bonchev–Trinajstić information content (AvgIpc) is 2.89. The summed E-state index contributed by atoms with van der Waals surface area (Å²) in [5, 5.41) is 0.684. The minimum absolute atomic E-state index is 0. The molecule has 1 aliphatic carbocycles. The lowest BCUT2D eigenvalue weighted by Gasteiger charge is -2.58. The zero-order valence-corrected chi connectivity index (χ0v) is 25.5. The topological polar surface area (TPSA) is 86.3 Å². The first-order valence-electron chi connectivity index (χ1n) is 15.2. The fraction of sp³-hybridized carbons (Fsp3) is 0.594. The van der Waals surface area contributed by atoms with Gasteiger partial charge in [0, 0.05) is 57.0 Å². The quantitative estimate of drug-likeness (QED) is 0.307. The summed E-state index contributed by atoms with van der Waals surface area (Å²) in [6.45, 7) is 11.7. The number of nitrogens with two attached hydrogens (primary N) is 1. The summed E-state index contributed by atoms with van der Waals surface area (Å²) in [6, 6.07) is 7.27. The number of aryl methyl sites for hydroxylation is 1. The van der Waals surface area contributed by atoms with Crippen LogP contribution in [0.4, 0.5) is 23.5 Å². The van der Waals surface area contributed by atoms with Gasteiger partial charge >= 0.3 is 6.18 Å². The molecule has 1 aromatic carbocycles. The van der Waals surface area contributed by atoms with Gasteiger partial charge in [-0.15, -0.1) is 0 Å². The van der Waals surface area contributed by atoms with Crippen LogP contribution < -0.4 is 11.3 Å². The van der Waals surface area contributed by atoms with Gasteiger partial charge in [0.1, 0.15) is 11.5 Å². The lowest BCUT2D eigenvalue weighted by atomic mass is 9.76. The third kappa shape index (κ3) is 8.12. The molecule has 2 aromatic heterocycles. The number of benzene rings is 1. The molecular formula is C32H47F4N5O2. The highest BCUT2D eigenvalue weighted by molar-refractivity contribution is 5.81. The monoisotopic (exact) mass is 609 g/mol. The van der Waals surface area contributed by atoms with Crippen LogP contribution in [-0.4, -0.2) is 58.0 Å². The molecule has 2 aliphatic heterocycles. The van der Waals surface area contributed by atoms with Crippen molar-refractivity contribution in [2.24, 2.45) is 5.41 Å². The minimum Gasteiger partial charge on any atom is -0.380 e. The third-order valence-corrected chi connectivity index (χ3v) is 8.31. The van der Waals surface area contributed by atoms with Gasteiger partial charge in [-0.05, 0) is 63.3 Å².